The number of hydrogen-bond acceptors (Lipinski definition) is 4. The molecule has 6 heteroatoms. The van der Waals surface area contributed by atoms with Crippen molar-refractivity contribution in [1.82, 2.24) is 4.98 Å². The number of nitrogens with one attached hydrogen (secondary N) is 1. The molecule has 0 atom stereocenters. The molecule has 110 valence electrons. The third-order valence-electron chi connectivity index (χ3n) is 2.56. The van der Waals surface area contributed by atoms with E-state index in [9.17, 15) is 9.59 Å². The molecule has 0 aliphatic rings. The zero-order chi connectivity index (χ0) is 15.8. The van der Waals surface area contributed by atoms with E-state index < -0.39 is 11.9 Å². The van der Waals surface area contributed by atoms with Crippen LogP contribution in [-0.4, -0.2) is 34.2 Å². The number of pyridine rings is 1. The summed E-state index contributed by atoms with van der Waals surface area (Å²) in [5, 5.41) is 20.0. The Labute approximate surface area is 122 Å². The van der Waals surface area contributed by atoms with Gasteiger partial charge in [-0.3, -0.25) is 4.98 Å². The van der Waals surface area contributed by atoms with Crippen molar-refractivity contribution in [3.05, 3.63) is 59.4 Å². The van der Waals surface area contributed by atoms with Crippen LogP contribution < -0.4 is 5.32 Å². The molecule has 0 amide bonds. The van der Waals surface area contributed by atoms with Gasteiger partial charge in [0.1, 0.15) is 0 Å². The van der Waals surface area contributed by atoms with Gasteiger partial charge in [-0.1, -0.05) is 6.07 Å². The Bertz CT molecular complexity index is 595. The first-order chi connectivity index (χ1) is 9.93. The quantitative estimate of drug-likeness (QED) is 0.802. The van der Waals surface area contributed by atoms with E-state index in [0.29, 0.717) is 0 Å². The third-order valence-corrected chi connectivity index (χ3v) is 2.56. The first-order valence-electron chi connectivity index (χ1n) is 6.11. The highest BCUT2D eigenvalue weighted by atomic mass is 16.4. The molecule has 3 N–H and O–H groups in total. The lowest BCUT2D eigenvalue weighted by atomic mass is 10.1. The highest BCUT2D eigenvalue weighted by Gasteiger charge is 2.06. The Hall–Kier alpha value is -2.89. The van der Waals surface area contributed by atoms with Gasteiger partial charge in [0.25, 0.3) is 0 Å². The van der Waals surface area contributed by atoms with Crippen LogP contribution in [0.2, 0.25) is 0 Å². The zero-order valence-electron chi connectivity index (χ0n) is 11.7. The number of aryl methyl sites for hydroxylation is 1. The first kappa shape index (κ1) is 16.2. The predicted octanol–water partition coefficient (Wildman–Crippen LogP) is 2.51. The van der Waals surface area contributed by atoms with E-state index in [-0.39, 0.29) is 11.1 Å². The van der Waals surface area contributed by atoms with Crippen molar-refractivity contribution in [2.24, 2.45) is 0 Å². The number of benzene rings is 1. The van der Waals surface area contributed by atoms with Crippen molar-refractivity contribution < 1.29 is 19.8 Å². The first-order valence-corrected chi connectivity index (χ1v) is 6.11. The van der Waals surface area contributed by atoms with Crippen LogP contribution in [0.3, 0.4) is 0 Å². The van der Waals surface area contributed by atoms with Gasteiger partial charge < -0.3 is 15.5 Å². The zero-order valence-corrected chi connectivity index (χ0v) is 11.7. The van der Waals surface area contributed by atoms with Gasteiger partial charge in [0.15, 0.2) is 0 Å². The Kier molecular flexibility index (Phi) is 5.88. The molecule has 0 aliphatic carbocycles. The summed E-state index contributed by atoms with van der Waals surface area (Å²) in [6.45, 7) is 1.97. The summed E-state index contributed by atoms with van der Waals surface area (Å²) in [5.41, 5.74) is 2.07. The van der Waals surface area contributed by atoms with Gasteiger partial charge in [0, 0.05) is 12.7 Å². The molecular weight excluding hydrogens is 272 g/mol. The highest BCUT2D eigenvalue weighted by Crippen LogP contribution is 2.04. The maximum Gasteiger partial charge on any atom is 0.335 e. The Morgan fingerprint density at radius 2 is 1.62 bits per heavy atom. The number of carbonyl (C=O) groups is 2. The molecule has 1 heterocycles. The second kappa shape index (κ2) is 7.64. The maximum absolute atomic E-state index is 10.4. The Morgan fingerprint density at radius 3 is 2.00 bits per heavy atom. The van der Waals surface area contributed by atoms with E-state index >= 15 is 0 Å². The number of nitrogens with zero attached hydrogens (tertiary/aromatic N) is 1. The summed E-state index contributed by atoms with van der Waals surface area (Å²) in [6.07, 6.45) is 1.81. The van der Waals surface area contributed by atoms with Crippen LogP contribution in [-0.2, 0) is 0 Å². The molecule has 0 aliphatic heterocycles. The molecule has 0 saturated heterocycles. The van der Waals surface area contributed by atoms with E-state index in [1.54, 1.807) is 0 Å². The second-order valence-electron chi connectivity index (χ2n) is 4.13. The summed E-state index contributed by atoms with van der Waals surface area (Å²) in [7, 11) is 1.88. The van der Waals surface area contributed by atoms with Gasteiger partial charge in [-0.2, -0.15) is 0 Å². The van der Waals surface area contributed by atoms with E-state index in [4.69, 9.17) is 10.2 Å². The van der Waals surface area contributed by atoms with E-state index in [2.05, 4.69) is 10.3 Å². The van der Waals surface area contributed by atoms with Crippen LogP contribution in [0.25, 0.3) is 0 Å². The summed E-state index contributed by atoms with van der Waals surface area (Å²) < 4.78 is 0. The van der Waals surface area contributed by atoms with E-state index in [0.717, 1.165) is 17.4 Å². The molecule has 1 aromatic carbocycles. The average molecular weight is 288 g/mol. The topological polar surface area (TPSA) is 99.5 Å². The van der Waals surface area contributed by atoms with Crippen LogP contribution in [0, 0.1) is 6.92 Å². The fourth-order valence-electron chi connectivity index (χ4n) is 1.40. The molecule has 2 aromatic rings. The van der Waals surface area contributed by atoms with Gasteiger partial charge in [-0.15, -0.1) is 0 Å². The minimum absolute atomic E-state index is 0.0186. The normalized spacial score (nSPS) is 9.24. The predicted molar refractivity (Wildman–Crippen MR) is 78.9 cm³/mol. The largest absolute Gasteiger partial charge is 0.478 e. The number of anilines is 1. The maximum atomic E-state index is 10.4. The minimum atomic E-state index is -1.13. The lowest BCUT2D eigenvalue weighted by Crippen LogP contribution is -2.01. The van der Waals surface area contributed by atoms with Gasteiger partial charge >= 0.3 is 11.9 Å². The smallest absolute Gasteiger partial charge is 0.335 e. The van der Waals surface area contributed by atoms with Crippen molar-refractivity contribution in [3.63, 3.8) is 0 Å². The molecule has 1 aromatic heterocycles. The minimum Gasteiger partial charge on any atom is -0.478 e. The summed E-state index contributed by atoms with van der Waals surface area (Å²) >= 11 is 0. The van der Waals surface area contributed by atoms with Gasteiger partial charge in [-0.25, -0.2) is 9.59 Å². The van der Waals surface area contributed by atoms with Crippen LogP contribution in [0.15, 0.2) is 42.6 Å². The van der Waals surface area contributed by atoms with Crippen molar-refractivity contribution >= 4 is 17.6 Å². The fraction of sp³-hybridized carbons (Fsp3) is 0.133. The average Bonchev–Trinajstić information content (AvgIpc) is 2.49. The molecule has 21 heavy (non-hydrogen) atoms. The van der Waals surface area contributed by atoms with Crippen molar-refractivity contribution in [2.75, 3.05) is 12.4 Å². The monoisotopic (exact) mass is 288 g/mol. The molecule has 0 unspecified atom stereocenters. The summed E-state index contributed by atoms with van der Waals surface area (Å²) in [6, 6.07) is 9.18. The lowest BCUT2D eigenvalue weighted by molar-refractivity contribution is 0.0696. The van der Waals surface area contributed by atoms with Crippen LogP contribution in [0.5, 0.6) is 0 Å². The van der Waals surface area contributed by atoms with E-state index in [1.807, 2.05) is 32.3 Å². The molecule has 0 spiro atoms. The Morgan fingerprint density at radius 1 is 1.05 bits per heavy atom. The van der Waals surface area contributed by atoms with Crippen molar-refractivity contribution in [2.45, 2.75) is 6.92 Å². The number of hydrogen-bond donors (Lipinski definition) is 3. The van der Waals surface area contributed by atoms with Gasteiger partial charge in [0.05, 0.1) is 23.0 Å². The van der Waals surface area contributed by atoms with Crippen molar-refractivity contribution in [3.8, 4) is 0 Å². The van der Waals surface area contributed by atoms with Gasteiger partial charge in [0.2, 0.25) is 0 Å². The summed E-state index contributed by atoms with van der Waals surface area (Å²) in [4.78, 5) is 24.9. The molecule has 0 bridgehead atoms. The highest BCUT2D eigenvalue weighted by molar-refractivity contribution is 5.93. The fourth-order valence-corrected chi connectivity index (χ4v) is 1.40. The van der Waals surface area contributed by atoms with Crippen molar-refractivity contribution in [1.29, 1.82) is 0 Å². The third kappa shape index (κ3) is 5.32. The van der Waals surface area contributed by atoms with Crippen LogP contribution in [0.1, 0.15) is 26.4 Å². The number of rotatable bonds is 3. The van der Waals surface area contributed by atoms with Crippen LogP contribution >= 0.6 is 0 Å². The number of aromatic carboxylic acids is 2. The lowest BCUT2D eigenvalue weighted by Gasteiger charge is -1.96. The molecule has 0 fully saturated rings. The SMILES string of the molecule is CNc1ccc(C)nc1.O=C(O)c1cccc(C(=O)O)c1. The van der Waals surface area contributed by atoms with Gasteiger partial charge in [-0.05, 0) is 37.3 Å². The molecule has 0 saturated carbocycles. The number of aromatic nitrogens is 1. The molecule has 6 nitrogen and oxygen atoms in total. The number of carboxylic acid groups (broad SMARTS) is 2. The molecular formula is C15H16N2O4. The van der Waals surface area contributed by atoms with Crippen LogP contribution in [0.4, 0.5) is 5.69 Å². The second-order valence-corrected chi connectivity index (χ2v) is 4.13. The molecule has 0 radical (unpaired) electrons. The Balaban J connectivity index is 0.000000219. The standard InChI is InChI=1S/C8H6O4.C7H10N2/c9-7(10)5-2-1-3-6(4-5)8(11)12;1-6-3-4-7(8-2)5-9-6/h1-4H,(H,9,10)(H,11,12);3-5,8H,1-2H3. The molecule has 2 rings (SSSR count). The summed E-state index contributed by atoms with van der Waals surface area (Å²) in [5.74, 6) is -2.25. The number of carboxylic acids is 2. The van der Waals surface area contributed by atoms with E-state index in [1.165, 1.54) is 18.2 Å².